The van der Waals surface area contributed by atoms with E-state index in [1.807, 2.05) is 7.05 Å². The predicted molar refractivity (Wildman–Crippen MR) is 37.5 cm³/mol. The molecule has 0 unspecified atom stereocenters. The molecule has 0 spiro atoms. The van der Waals surface area contributed by atoms with E-state index < -0.39 is 0 Å². The second kappa shape index (κ2) is 5.63. The summed E-state index contributed by atoms with van der Waals surface area (Å²) >= 11 is 0. The Bertz CT molecular complexity index is 87.0. The zero-order valence-corrected chi connectivity index (χ0v) is 5.61. The summed E-state index contributed by atoms with van der Waals surface area (Å²) in [7, 11) is 6.85. The molecule has 3 nitrogen and oxygen atoms in total. The average molecular weight is 126 g/mol. The highest BCUT2D eigenvalue weighted by Gasteiger charge is 1.91. The molecule has 0 rings (SSSR count). The maximum Gasteiger partial charge on any atom is 0.211 e. The Balaban J connectivity index is 2.97. The van der Waals surface area contributed by atoms with Crippen molar-refractivity contribution in [2.24, 2.45) is 0 Å². The van der Waals surface area contributed by atoms with Gasteiger partial charge in [-0.1, -0.05) is 0 Å². The molecule has 0 aliphatic rings. The van der Waals surface area contributed by atoms with E-state index in [2.05, 4.69) is 10.6 Å². The van der Waals surface area contributed by atoms with E-state index >= 15 is 0 Å². The zero-order valence-electron chi connectivity index (χ0n) is 5.61. The molecule has 0 aromatic heterocycles. The summed E-state index contributed by atoms with van der Waals surface area (Å²) in [6.45, 7) is 1.43. The number of carbonyl (C=O) groups is 1. The van der Waals surface area contributed by atoms with Crippen LogP contribution in [0.3, 0.4) is 0 Å². The maximum absolute atomic E-state index is 10.4. The van der Waals surface area contributed by atoms with Crippen LogP contribution in [0.1, 0.15) is 0 Å². The zero-order chi connectivity index (χ0) is 7.11. The summed E-state index contributed by atoms with van der Waals surface area (Å²) in [5.74, 6) is -0.106. The van der Waals surface area contributed by atoms with Crippen LogP contribution < -0.4 is 10.6 Å². The van der Waals surface area contributed by atoms with Crippen LogP contribution in [0.25, 0.3) is 0 Å². The van der Waals surface area contributed by atoms with Gasteiger partial charge in [0.2, 0.25) is 5.91 Å². The van der Waals surface area contributed by atoms with E-state index in [9.17, 15) is 4.79 Å². The summed E-state index contributed by atoms with van der Waals surface area (Å²) in [4.78, 5) is 10.4. The van der Waals surface area contributed by atoms with Gasteiger partial charge in [0, 0.05) is 13.1 Å². The number of hydrogen-bond acceptors (Lipinski definition) is 2. The Labute approximate surface area is 56.6 Å². The fourth-order valence-corrected chi connectivity index (χ4v) is 0.399. The molecule has 0 aromatic carbocycles. The summed E-state index contributed by atoms with van der Waals surface area (Å²) in [5.41, 5.74) is 0. The number of rotatable bonds is 4. The van der Waals surface area contributed by atoms with Crippen LogP contribution in [0.4, 0.5) is 0 Å². The lowest BCUT2D eigenvalue weighted by Gasteiger charge is -2.00. The third-order valence-electron chi connectivity index (χ3n) is 0.883. The summed E-state index contributed by atoms with van der Waals surface area (Å²) in [6, 6.07) is 0. The molecular weight excluding hydrogens is 115 g/mol. The van der Waals surface area contributed by atoms with Crippen molar-refractivity contribution < 1.29 is 4.79 Å². The number of carbonyl (C=O) groups excluding carboxylic acids is 1. The minimum absolute atomic E-state index is 0.0731. The molecule has 0 saturated carbocycles. The molecule has 0 aliphatic heterocycles. The van der Waals surface area contributed by atoms with E-state index in [1.54, 1.807) is 0 Å². The SMILES string of the molecule is [B]CC(=O)NCCNC. The predicted octanol–water partition coefficient (Wildman–Crippen LogP) is -1.09. The molecule has 2 N–H and O–H groups in total. The highest BCUT2D eigenvalue weighted by molar-refractivity contribution is 6.19. The lowest BCUT2D eigenvalue weighted by Crippen LogP contribution is -2.29. The highest BCUT2D eigenvalue weighted by Crippen LogP contribution is 1.68. The van der Waals surface area contributed by atoms with Crippen molar-refractivity contribution in [3.8, 4) is 0 Å². The second-order valence-corrected chi connectivity index (χ2v) is 1.66. The van der Waals surface area contributed by atoms with Crippen LogP contribution in [0.5, 0.6) is 0 Å². The van der Waals surface area contributed by atoms with Crippen molar-refractivity contribution in [2.75, 3.05) is 20.1 Å². The highest BCUT2D eigenvalue weighted by atomic mass is 16.1. The van der Waals surface area contributed by atoms with Gasteiger partial charge in [0.05, 0.1) is 7.85 Å². The monoisotopic (exact) mass is 126 g/mol. The lowest BCUT2D eigenvalue weighted by atomic mass is 10.1. The van der Waals surface area contributed by atoms with Crippen molar-refractivity contribution in [1.82, 2.24) is 10.6 Å². The second-order valence-electron chi connectivity index (χ2n) is 1.66. The molecule has 0 bridgehead atoms. The minimum atomic E-state index is -0.106. The molecule has 9 heavy (non-hydrogen) atoms. The topological polar surface area (TPSA) is 41.1 Å². The minimum Gasteiger partial charge on any atom is -0.355 e. The van der Waals surface area contributed by atoms with Gasteiger partial charge in [0.1, 0.15) is 0 Å². The summed E-state index contributed by atoms with van der Waals surface area (Å²) in [5, 5.41) is 5.50. The van der Waals surface area contributed by atoms with Crippen molar-refractivity contribution in [3.05, 3.63) is 0 Å². The van der Waals surface area contributed by atoms with Gasteiger partial charge in [-0.3, -0.25) is 4.79 Å². The molecule has 50 valence electrons. The number of hydrogen-bond donors (Lipinski definition) is 2. The van der Waals surface area contributed by atoms with Crippen LogP contribution in [0.2, 0.25) is 6.32 Å². The van der Waals surface area contributed by atoms with Crippen LogP contribution in [-0.4, -0.2) is 33.9 Å². The van der Waals surface area contributed by atoms with Crippen molar-refractivity contribution >= 4 is 13.8 Å². The molecule has 2 radical (unpaired) electrons. The lowest BCUT2D eigenvalue weighted by molar-refractivity contribution is -0.118. The van der Waals surface area contributed by atoms with Gasteiger partial charge in [-0.25, -0.2) is 0 Å². The molecule has 0 atom stereocenters. The normalized spacial score (nSPS) is 9.00. The summed E-state index contributed by atoms with van der Waals surface area (Å²) in [6.07, 6.45) is 0.0731. The van der Waals surface area contributed by atoms with E-state index in [0.717, 1.165) is 6.54 Å². The quantitative estimate of drug-likeness (QED) is 0.371. The first-order chi connectivity index (χ1) is 4.31. The Morgan fingerprint density at radius 3 is 2.67 bits per heavy atom. The van der Waals surface area contributed by atoms with Gasteiger partial charge in [0.15, 0.2) is 0 Å². The Morgan fingerprint density at radius 1 is 1.56 bits per heavy atom. The number of nitrogens with one attached hydrogen (secondary N) is 2. The van der Waals surface area contributed by atoms with E-state index in [4.69, 9.17) is 7.85 Å². The fourth-order valence-electron chi connectivity index (χ4n) is 0.399. The maximum atomic E-state index is 10.4. The van der Waals surface area contributed by atoms with Crippen molar-refractivity contribution in [2.45, 2.75) is 6.32 Å². The largest absolute Gasteiger partial charge is 0.355 e. The Hall–Kier alpha value is -0.505. The Morgan fingerprint density at radius 2 is 2.22 bits per heavy atom. The molecule has 0 aromatic rings. The van der Waals surface area contributed by atoms with E-state index in [-0.39, 0.29) is 12.2 Å². The third-order valence-corrected chi connectivity index (χ3v) is 0.883. The van der Waals surface area contributed by atoms with Crippen LogP contribution in [-0.2, 0) is 4.79 Å². The van der Waals surface area contributed by atoms with Gasteiger partial charge >= 0.3 is 0 Å². The average Bonchev–Trinajstić information content (AvgIpc) is 1.89. The van der Waals surface area contributed by atoms with Gasteiger partial charge in [-0.15, -0.1) is 0 Å². The van der Waals surface area contributed by atoms with Crippen LogP contribution >= 0.6 is 0 Å². The van der Waals surface area contributed by atoms with E-state index in [0.29, 0.717) is 6.54 Å². The van der Waals surface area contributed by atoms with Gasteiger partial charge in [-0.05, 0) is 13.4 Å². The molecule has 0 fully saturated rings. The molecule has 0 heterocycles. The smallest absolute Gasteiger partial charge is 0.211 e. The standard InChI is InChI=1S/C5H11BN2O/c1-7-2-3-8-5(9)4-6/h7H,2-4H2,1H3,(H,8,9). The first-order valence-electron chi connectivity index (χ1n) is 2.92. The summed E-state index contributed by atoms with van der Waals surface area (Å²) < 4.78 is 0. The molecule has 0 saturated heterocycles. The molecule has 1 amide bonds. The Kier molecular flexibility index (Phi) is 5.31. The number of amides is 1. The molecule has 0 aliphatic carbocycles. The van der Waals surface area contributed by atoms with Crippen LogP contribution in [0.15, 0.2) is 0 Å². The van der Waals surface area contributed by atoms with Gasteiger partial charge < -0.3 is 10.6 Å². The van der Waals surface area contributed by atoms with Crippen molar-refractivity contribution in [3.63, 3.8) is 0 Å². The van der Waals surface area contributed by atoms with Gasteiger partial charge in [-0.2, -0.15) is 0 Å². The third kappa shape index (κ3) is 5.36. The number of likely N-dealkylation sites (N-methyl/N-ethyl adjacent to an activating group) is 1. The first kappa shape index (κ1) is 8.49. The van der Waals surface area contributed by atoms with E-state index in [1.165, 1.54) is 0 Å². The van der Waals surface area contributed by atoms with Crippen LogP contribution in [0, 0.1) is 0 Å². The molecular formula is C5H11BN2O. The fraction of sp³-hybridized carbons (Fsp3) is 0.800. The first-order valence-corrected chi connectivity index (χ1v) is 2.92. The van der Waals surface area contributed by atoms with Crippen molar-refractivity contribution in [1.29, 1.82) is 0 Å². The van der Waals surface area contributed by atoms with Gasteiger partial charge in [0.25, 0.3) is 0 Å². The molecule has 4 heteroatoms.